The van der Waals surface area contributed by atoms with Crippen LogP contribution in [0, 0.1) is 0 Å². The van der Waals surface area contributed by atoms with Crippen LogP contribution < -0.4 is 0 Å². The summed E-state index contributed by atoms with van der Waals surface area (Å²) < 4.78 is 0. The molecule has 24 heavy (non-hydrogen) atoms. The van der Waals surface area contributed by atoms with Crippen molar-refractivity contribution in [2.24, 2.45) is 0 Å². The van der Waals surface area contributed by atoms with Crippen LogP contribution in [0.4, 0.5) is 0 Å². The molecular weight excluding hydrogens is 296 g/mol. The van der Waals surface area contributed by atoms with Crippen LogP contribution in [-0.2, 0) is 20.6 Å². The second-order valence-corrected chi connectivity index (χ2v) is 9.06. The predicted octanol–water partition coefficient (Wildman–Crippen LogP) is 5.83. The second kappa shape index (κ2) is 4.93. The molecule has 1 aliphatic heterocycles. The average molecular weight is 322 g/mol. The minimum absolute atomic E-state index is 0.0185. The summed E-state index contributed by atoms with van der Waals surface area (Å²) in [5, 5.41) is 2.70. The molecule has 2 heteroatoms. The molecule has 1 saturated heterocycles. The summed E-state index contributed by atoms with van der Waals surface area (Å²) in [5.41, 5.74) is 5.55. The number of hydrogen-bond acceptors (Lipinski definition) is 2. The van der Waals surface area contributed by atoms with Crippen molar-refractivity contribution in [3.63, 3.8) is 0 Å². The quantitative estimate of drug-likeness (QED) is 0.568. The molecule has 2 nitrogen and oxygen atoms in total. The average Bonchev–Trinajstić information content (AvgIpc) is 2.42. The van der Waals surface area contributed by atoms with Gasteiger partial charge in [0.1, 0.15) is 6.10 Å². The largest absolute Gasteiger partial charge is 0.225 e. The molecule has 0 N–H and O–H groups in total. The van der Waals surface area contributed by atoms with Gasteiger partial charge in [-0.25, -0.2) is 9.78 Å². The number of fused-ring (bicyclic) bond motifs is 4. The minimum Gasteiger partial charge on any atom is -0.225 e. The first-order chi connectivity index (χ1) is 11.2. The summed E-state index contributed by atoms with van der Waals surface area (Å²) in [6.07, 6.45) is 4.46. The van der Waals surface area contributed by atoms with E-state index in [1.807, 2.05) is 0 Å². The number of rotatable bonds is 0. The molecular formula is C22H26O2. The fraction of sp³-hybridized carbons (Fsp3) is 0.455. The maximum absolute atomic E-state index is 5.56. The highest BCUT2D eigenvalue weighted by Gasteiger charge is 2.43. The Morgan fingerprint density at radius 2 is 1.38 bits per heavy atom. The Hall–Kier alpha value is -1.64. The lowest BCUT2D eigenvalue weighted by Crippen LogP contribution is -2.38. The molecule has 1 aliphatic carbocycles. The lowest BCUT2D eigenvalue weighted by molar-refractivity contribution is -0.457. The Bertz CT molecular complexity index is 847. The van der Waals surface area contributed by atoms with Crippen molar-refractivity contribution in [1.82, 2.24) is 0 Å². The van der Waals surface area contributed by atoms with E-state index in [0.717, 1.165) is 0 Å². The Morgan fingerprint density at radius 1 is 0.792 bits per heavy atom. The fourth-order valence-electron chi connectivity index (χ4n) is 4.27. The molecule has 2 aliphatic rings. The first kappa shape index (κ1) is 15.9. The molecule has 2 aromatic carbocycles. The SMILES string of the molecule is CC(C)(C)c1c2c(c(C(C)(C)C)c3ccccc13)C1OOC1C=C2. The predicted molar refractivity (Wildman–Crippen MR) is 99.1 cm³/mol. The van der Waals surface area contributed by atoms with E-state index in [9.17, 15) is 0 Å². The summed E-state index contributed by atoms with van der Waals surface area (Å²) in [5.74, 6) is 0. The summed E-state index contributed by atoms with van der Waals surface area (Å²) >= 11 is 0. The van der Waals surface area contributed by atoms with Crippen molar-refractivity contribution in [2.75, 3.05) is 0 Å². The van der Waals surface area contributed by atoms with Crippen molar-refractivity contribution in [3.8, 4) is 0 Å². The lowest BCUT2D eigenvalue weighted by atomic mass is 9.69. The Kier molecular flexibility index (Phi) is 3.26. The van der Waals surface area contributed by atoms with Crippen molar-refractivity contribution < 1.29 is 9.78 Å². The molecule has 2 atom stereocenters. The smallest absolute Gasteiger partial charge is 0.152 e. The van der Waals surface area contributed by atoms with E-state index in [-0.39, 0.29) is 23.0 Å². The van der Waals surface area contributed by atoms with Gasteiger partial charge in [-0.1, -0.05) is 71.9 Å². The van der Waals surface area contributed by atoms with Crippen molar-refractivity contribution >= 4 is 16.8 Å². The third kappa shape index (κ3) is 2.17. The van der Waals surface area contributed by atoms with E-state index in [0.29, 0.717) is 0 Å². The van der Waals surface area contributed by atoms with Crippen LogP contribution in [0.2, 0.25) is 0 Å². The van der Waals surface area contributed by atoms with Gasteiger partial charge in [0, 0.05) is 0 Å². The Labute approximate surface area is 144 Å². The van der Waals surface area contributed by atoms with Crippen LogP contribution in [0.3, 0.4) is 0 Å². The molecule has 0 saturated carbocycles. The second-order valence-electron chi connectivity index (χ2n) is 9.06. The summed E-state index contributed by atoms with van der Waals surface area (Å²) in [4.78, 5) is 10.9. The van der Waals surface area contributed by atoms with Gasteiger partial charge in [0.2, 0.25) is 0 Å². The van der Waals surface area contributed by atoms with Gasteiger partial charge in [0.25, 0.3) is 0 Å². The van der Waals surface area contributed by atoms with Gasteiger partial charge in [-0.2, -0.15) is 0 Å². The van der Waals surface area contributed by atoms with Gasteiger partial charge in [0.15, 0.2) is 6.10 Å². The molecule has 1 heterocycles. The molecule has 4 rings (SSSR count). The molecule has 0 amide bonds. The highest BCUT2D eigenvalue weighted by molar-refractivity contribution is 5.95. The van der Waals surface area contributed by atoms with Gasteiger partial charge in [0.05, 0.1) is 0 Å². The normalized spacial score (nSPS) is 22.9. The van der Waals surface area contributed by atoms with Crippen molar-refractivity contribution in [1.29, 1.82) is 0 Å². The van der Waals surface area contributed by atoms with Crippen molar-refractivity contribution in [2.45, 2.75) is 64.6 Å². The fourth-order valence-corrected chi connectivity index (χ4v) is 4.27. The Morgan fingerprint density at radius 3 is 1.88 bits per heavy atom. The topological polar surface area (TPSA) is 18.5 Å². The molecule has 0 bridgehead atoms. The molecule has 2 aromatic rings. The van der Waals surface area contributed by atoms with Gasteiger partial charge in [-0.05, 0) is 49.9 Å². The molecule has 2 unspecified atom stereocenters. The summed E-state index contributed by atoms with van der Waals surface area (Å²) in [6.45, 7) is 13.8. The third-order valence-electron chi connectivity index (χ3n) is 5.10. The summed E-state index contributed by atoms with van der Waals surface area (Å²) in [6, 6.07) is 8.82. The van der Waals surface area contributed by atoms with Crippen LogP contribution in [-0.4, -0.2) is 6.10 Å². The highest BCUT2D eigenvalue weighted by atomic mass is 17.2. The lowest BCUT2D eigenvalue weighted by Gasteiger charge is -2.42. The van der Waals surface area contributed by atoms with Gasteiger partial charge in [-0.15, -0.1) is 0 Å². The van der Waals surface area contributed by atoms with E-state index in [4.69, 9.17) is 9.78 Å². The zero-order valence-corrected chi connectivity index (χ0v) is 15.4. The standard InChI is InChI=1S/C22H26O2/c1-21(2,3)18-13-9-7-8-10-14(13)19(22(4,5)6)17-15(18)11-12-16-20(17)24-23-16/h7-12,16,20H,1-6H3. The maximum Gasteiger partial charge on any atom is 0.152 e. The Balaban J connectivity index is 2.21. The van der Waals surface area contributed by atoms with E-state index in [1.54, 1.807) is 0 Å². The van der Waals surface area contributed by atoms with Gasteiger partial charge in [-0.3, -0.25) is 0 Å². The molecule has 1 fully saturated rings. The van der Waals surface area contributed by atoms with E-state index in [1.165, 1.54) is 33.0 Å². The monoisotopic (exact) mass is 322 g/mol. The van der Waals surface area contributed by atoms with Crippen LogP contribution in [0.1, 0.15) is 69.9 Å². The van der Waals surface area contributed by atoms with Crippen molar-refractivity contribution in [3.05, 3.63) is 52.6 Å². The third-order valence-corrected chi connectivity index (χ3v) is 5.10. The minimum atomic E-state index is 0.0185. The van der Waals surface area contributed by atoms with Gasteiger partial charge >= 0.3 is 0 Å². The first-order valence-electron chi connectivity index (χ1n) is 8.79. The van der Waals surface area contributed by atoms with Crippen LogP contribution in [0.25, 0.3) is 16.8 Å². The molecule has 0 aromatic heterocycles. The van der Waals surface area contributed by atoms with E-state index < -0.39 is 0 Å². The molecule has 0 spiro atoms. The number of hydrogen-bond donors (Lipinski definition) is 0. The first-order valence-corrected chi connectivity index (χ1v) is 8.79. The van der Waals surface area contributed by atoms with Crippen LogP contribution in [0.5, 0.6) is 0 Å². The zero-order valence-electron chi connectivity index (χ0n) is 15.4. The van der Waals surface area contributed by atoms with E-state index >= 15 is 0 Å². The summed E-state index contributed by atoms with van der Waals surface area (Å²) in [7, 11) is 0. The maximum atomic E-state index is 5.56. The molecule has 126 valence electrons. The number of benzene rings is 2. The highest BCUT2D eigenvalue weighted by Crippen LogP contribution is 2.50. The van der Waals surface area contributed by atoms with Crippen LogP contribution in [0.15, 0.2) is 30.3 Å². The van der Waals surface area contributed by atoms with Gasteiger partial charge < -0.3 is 0 Å². The van der Waals surface area contributed by atoms with E-state index in [2.05, 4.69) is 78.0 Å². The van der Waals surface area contributed by atoms with Crippen LogP contribution >= 0.6 is 0 Å². The zero-order chi connectivity index (χ0) is 17.3. The molecule has 0 radical (unpaired) electrons.